The smallest absolute Gasteiger partial charge is 0.336 e. The molecule has 0 aromatic carbocycles. The summed E-state index contributed by atoms with van der Waals surface area (Å²) in [5.41, 5.74) is 0.0698. The number of aliphatic hydroxyl groups excluding tert-OH is 1. The van der Waals surface area contributed by atoms with Gasteiger partial charge in [0, 0.05) is 0 Å². The lowest BCUT2D eigenvalue weighted by Crippen LogP contribution is -2.25. The third-order valence-corrected chi connectivity index (χ3v) is 5.27. The molecule has 0 radical (unpaired) electrons. The fraction of sp³-hybridized carbons (Fsp3) is 0.833. The van der Waals surface area contributed by atoms with Gasteiger partial charge in [-0.3, -0.25) is 4.79 Å². The highest BCUT2D eigenvalue weighted by atomic mass is 16.5. The van der Waals surface area contributed by atoms with Crippen LogP contribution >= 0.6 is 0 Å². The molecule has 0 fully saturated rings. The molecule has 4 nitrogen and oxygen atoms in total. The van der Waals surface area contributed by atoms with Gasteiger partial charge in [0.05, 0.1) is 12.7 Å². The van der Waals surface area contributed by atoms with Crippen molar-refractivity contribution in [2.75, 3.05) is 7.11 Å². The van der Waals surface area contributed by atoms with Gasteiger partial charge in [-0.2, -0.15) is 0 Å². The van der Waals surface area contributed by atoms with Crippen molar-refractivity contribution >= 4 is 11.8 Å². The van der Waals surface area contributed by atoms with Crippen molar-refractivity contribution in [2.24, 2.45) is 0 Å². The van der Waals surface area contributed by atoms with E-state index in [-0.39, 0.29) is 5.57 Å². The number of carbonyl (C=O) groups is 2. The number of methoxy groups -OCH3 is 1. The average Bonchev–Trinajstić information content (AvgIpc) is 2.69. The Morgan fingerprint density at radius 3 is 1.54 bits per heavy atom. The lowest BCUT2D eigenvalue weighted by atomic mass is 10.0. The van der Waals surface area contributed by atoms with Crippen LogP contribution in [0.25, 0.3) is 0 Å². The van der Waals surface area contributed by atoms with E-state index in [1.54, 1.807) is 6.08 Å². The summed E-state index contributed by atoms with van der Waals surface area (Å²) in [6.45, 7) is 3.54. The number of ketones is 1. The highest BCUT2D eigenvalue weighted by molar-refractivity contribution is 5.98. The van der Waals surface area contributed by atoms with Gasteiger partial charge in [-0.15, -0.1) is 0 Å². The standard InChI is InChI=1S/C24H44O4/c1-4-5-6-7-8-9-10-11-12-13-14-15-16-17-18-19-20-22(24(27)28-3)23(26)21(2)25/h20,23,26H,4-19H2,1-3H3/b22-20+/t23-/m1/s1. The van der Waals surface area contributed by atoms with E-state index in [9.17, 15) is 14.7 Å². The summed E-state index contributed by atoms with van der Waals surface area (Å²) < 4.78 is 4.64. The largest absolute Gasteiger partial charge is 0.466 e. The van der Waals surface area contributed by atoms with Crippen LogP contribution in [0.15, 0.2) is 11.6 Å². The van der Waals surface area contributed by atoms with Crippen molar-refractivity contribution in [3.8, 4) is 0 Å². The number of rotatable bonds is 19. The molecular weight excluding hydrogens is 352 g/mol. The van der Waals surface area contributed by atoms with Crippen LogP contribution in [0, 0.1) is 0 Å². The molecule has 0 saturated heterocycles. The van der Waals surface area contributed by atoms with E-state index >= 15 is 0 Å². The minimum Gasteiger partial charge on any atom is -0.466 e. The van der Waals surface area contributed by atoms with Crippen LogP contribution < -0.4 is 0 Å². The SMILES string of the molecule is CCCCCCCCCCCCCCCCC/C=C(/C(=O)OC)[C@H](O)C(C)=O. The van der Waals surface area contributed by atoms with Crippen molar-refractivity contribution in [1.82, 2.24) is 0 Å². The number of unbranched alkanes of at least 4 members (excludes halogenated alkanes) is 15. The van der Waals surface area contributed by atoms with Crippen LogP contribution in [0.4, 0.5) is 0 Å². The maximum atomic E-state index is 11.6. The van der Waals surface area contributed by atoms with Crippen LogP contribution in [0.3, 0.4) is 0 Å². The normalized spacial score (nSPS) is 12.8. The number of Topliss-reactive ketones (excluding diaryl/α,β-unsaturated/α-hetero) is 1. The second-order valence-electron chi connectivity index (χ2n) is 7.90. The number of allylic oxidation sites excluding steroid dienone is 1. The Morgan fingerprint density at radius 2 is 1.18 bits per heavy atom. The molecular formula is C24H44O4. The molecule has 0 spiro atoms. The van der Waals surface area contributed by atoms with Crippen LogP contribution in [-0.2, 0) is 14.3 Å². The Bertz CT molecular complexity index is 428. The first kappa shape index (κ1) is 26.8. The minimum absolute atomic E-state index is 0.0698. The molecule has 0 aliphatic heterocycles. The predicted octanol–water partition coefficient (Wildman–Crippen LogP) is 6.30. The van der Waals surface area contributed by atoms with Gasteiger partial charge in [-0.1, -0.05) is 103 Å². The monoisotopic (exact) mass is 396 g/mol. The molecule has 0 bridgehead atoms. The summed E-state index contributed by atoms with van der Waals surface area (Å²) in [6.07, 6.45) is 20.7. The number of ether oxygens (including phenoxy) is 1. The van der Waals surface area contributed by atoms with Crippen LogP contribution in [0.5, 0.6) is 0 Å². The molecule has 0 aliphatic carbocycles. The molecule has 1 N–H and O–H groups in total. The summed E-state index contributed by atoms with van der Waals surface area (Å²) >= 11 is 0. The lowest BCUT2D eigenvalue weighted by molar-refractivity contribution is -0.139. The predicted molar refractivity (Wildman–Crippen MR) is 116 cm³/mol. The van der Waals surface area contributed by atoms with E-state index in [2.05, 4.69) is 11.7 Å². The summed E-state index contributed by atoms with van der Waals surface area (Å²) in [6, 6.07) is 0. The second kappa shape index (κ2) is 19.2. The molecule has 164 valence electrons. The van der Waals surface area contributed by atoms with E-state index < -0.39 is 17.9 Å². The van der Waals surface area contributed by atoms with Gasteiger partial charge in [-0.25, -0.2) is 4.79 Å². The molecule has 0 rings (SSSR count). The lowest BCUT2D eigenvalue weighted by Gasteiger charge is -2.10. The molecule has 4 heteroatoms. The van der Waals surface area contributed by atoms with Crippen molar-refractivity contribution in [1.29, 1.82) is 0 Å². The molecule has 0 amide bonds. The van der Waals surface area contributed by atoms with Crippen LogP contribution in [-0.4, -0.2) is 30.1 Å². The summed E-state index contributed by atoms with van der Waals surface area (Å²) in [7, 11) is 1.26. The van der Waals surface area contributed by atoms with Crippen molar-refractivity contribution in [2.45, 2.75) is 123 Å². The molecule has 0 aromatic rings. The Balaban J connectivity index is 3.58. The zero-order valence-electron chi connectivity index (χ0n) is 18.6. The first-order chi connectivity index (χ1) is 13.5. The Morgan fingerprint density at radius 1 is 0.786 bits per heavy atom. The molecule has 0 unspecified atom stereocenters. The summed E-state index contributed by atoms with van der Waals surface area (Å²) in [5.74, 6) is -1.06. The summed E-state index contributed by atoms with van der Waals surface area (Å²) in [4.78, 5) is 22.9. The van der Waals surface area contributed by atoms with Gasteiger partial charge < -0.3 is 9.84 Å². The quantitative estimate of drug-likeness (QED) is 0.158. The van der Waals surface area contributed by atoms with Crippen LogP contribution in [0.2, 0.25) is 0 Å². The van der Waals surface area contributed by atoms with Gasteiger partial charge in [0.15, 0.2) is 5.78 Å². The van der Waals surface area contributed by atoms with E-state index in [1.807, 2.05) is 0 Å². The fourth-order valence-corrected chi connectivity index (χ4v) is 3.42. The molecule has 1 atom stereocenters. The zero-order valence-corrected chi connectivity index (χ0v) is 18.6. The van der Waals surface area contributed by atoms with Gasteiger partial charge >= 0.3 is 5.97 Å². The third-order valence-electron chi connectivity index (χ3n) is 5.27. The van der Waals surface area contributed by atoms with Crippen molar-refractivity contribution < 1.29 is 19.4 Å². The van der Waals surface area contributed by atoms with E-state index in [4.69, 9.17) is 0 Å². The van der Waals surface area contributed by atoms with E-state index in [1.165, 1.54) is 97.5 Å². The van der Waals surface area contributed by atoms with Gasteiger partial charge in [0.25, 0.3) is 0 Å². The molecule has 0 heterocycles. The number of hydrogen-bond donors (Lipinski definition) is 1. The van der Waals surface area contributed by atoms with Gasteiger partial charge in [0.2, 0.25) is 0 Å². The first-order valence-corrected chi connectivity index (χ1v) is 11.5. The topological polar surface area (TPSA) is 63.6 Å². The number of esters is 1. The number of aliphatic hydroxyl groups is 1. The Hall–Kier alpha value is -1.16. The molecule has 28 heavy (non-hydrogen) atoms. The van der Waals surface area contributed by atoms with E-state index in [0.717, 1.165) is 12.8 Å². The number of carbonyl (C=O) groups excluding carboxylic acids is 2. The first-order valence-electron chi connectivity index (χ1n) is 11.5. The third kappa shape index (κ3) is 14.8. The maximum Gasteiger partial charge on any atom is 0.336 e. The van der Waals surface area contributed by atoms with Gasteiger partial charge in [0.1, 0.15) is 6.10 Å². The maximum absolute atomic E-state index is 11.6. The number of hydrogen-bond acceptors (Lipinski definition) is 4. The summed E-state index contributed by atoms with van der Waals surface area (Å²) in [5, 5.41) is 9.79. The highest BCUT2D eigenvalue weighted by Crippen LogP contribution is 2.15. The Kier molecular flexibility index (Phi) is 18.4. The fourth-order valence-electron chi connectivity index (χ4n) is 3.42. The van der Waals surface area contributed by atoms with E-state index in [0.29, 0.717) is 6.42 Å². The Labute approximate surface area is 173 Å². The van der Waals surface area contributed by atoms with Gasteiger partial charge in [-0.05, 0) is 19.8 Å². The highest BCUT2D eigenvalue weighted by Gasteiger charge is 2.22. The average molecular weight is 397 g/mol. The molecule has 0 aliphatic rings. The molecule has 0 aromatic heterocycles. The minimum atomic E-state index is -1.37. The van der Waals surface area contributed by atoms with Crippen molar-refractivity contribution in [3.63, 3.8) is 0 Å². The molecule has 0 saturated carbocycles. The van der Waals surface area contributed by atoms with Crippen molar-refractivity contribution in [3.05, 3.63) is 11.6 Å². The second-order valence-corrected chi connectivity index (χ2v) is 7.90. The van der Waals surface area contributed by atoms with Crippen LogP contribution in [0.1, 0.15) is 117 Å². The zero-order chi connectivity index (χ0) is 21.0.